The van der Waals surface area contributed by atoms with Crippen LogP contribution in [0.4, 0.5) is 0 Å². The highest BCUT2D eigenvalue weighted by molar-refractivity contribution is 7.89. The van der Waals surface area contributed by atoms with Crippen molar-refractivity contribution in [3.05, 3.63) is 78.2 Å². The summed E-state index contributed by atoms with van der Waals surface area (Å²) in [5.74, 6) is 0. The molecule has 6 heteroatoms. The van der Waals surface area contributed by atoms with Crippen molar-refractivity contribution in [1.29, 1.82) is 0 Å². The number of nitrogens with zero attached hydrogens (tertiary/aromatic N) is 2. The number of hydrogen-bond donors (Lipinski definition) is 1. The van der Waals surface area contributed by atoms with E-state index in [0.717, 1.165) is 28.8 Å². The highest BCUT2D eigenvalue weighted by Gasteiger charge is 2.15. The molecular weight excluding hydrogens is 334 g/mol. The van der Waals surface area contributed by atoms with Gasteiger partial charge < -0.3 is 0 Å². The van der Waals surface area contributed by atoms with Crippen LogP contribution in [0.2, 0.25) is 0 Å². The normalized spacial score (nSPS) is 11.4. The van der Waals surface area contributed by atoms with E-state index in [1.807, 2.05) is 37.3 Å². The van der Waals surface area contributed by atoms with Gasteiger partial charge in [-0.25, -0.2) is 13.1 Å². The molecule has 0 saturated carbocycles. The van der Waals surface area contributed by atoms with E-state index in [1.54, 1.807) is 36.8 Å². The minimum atomic E-state index is -3.57. The Labute approximate surface area is 147 Å². The van der Waals surface area contributed by atoms with E-state index in [2.05, 4.69) is 14.7 Å². The summed E-state index contributed by atoms with van der Waals surface area (Å²) in [4.78, 5) is 8.65. The average molecular weight is 353 g/mol. The number of hydrogen-bond acceptors (Lipinski definition) is 4. The Bertz CT molecular complexity index is 940. The Morgan fingerprint density at radius 3 is 2.36 bits per heavy atom. The molecule has 1 aromatic carbocycles. The predicted molar refractivity (Wildman–Crippen MR) is 97.3 cm³/mol. The fourth-order valence-electron chi connectivity index (χ4n) is 2.51. The van der Waals surface area contributed by atoms with Gasteiger partial charge in [-0.1, -0.05) is 25.1 Å². The maximum absolute atomic E-state index is 12.5. The molecule has 0 unspecified atom stereocenters. The molecule has 2 heterocycles. The summed E-state index contributed by atoms with van der Waals surface area (Å²) in [6, 6.07) is 14.3. The molecule has 2 aromatic heterocycles. The van der Waals surface area contributed by atoms with Crippen molar-refractivity contribution < 1.29 is 8.42 Å². The highest BCUT2D eigenvalue weighted by Crippen LogP contribution is 2.21. The van der Waals surface area contributed by atoms with Crippen LogP contribution in [0.1, 0.15) is 18.1 Å². The van der Waals surface area contributed by atoms with Crippen molar-refractivity contribution in [1.82, 2.24) is 14.7 Å². The number of benzene rings is 1. The van der Waals surface area contributed by atoms with Gasteiger partial charge >= 0.3 is 0 Å². The van der Waals surface area contributed by atoms with Crippen LogP contribution in [0.5, 0.6) is 0 Å². The number of pyridine rings is 2. The van der Waals surface area contributed by atoms with Gasteiger partial charge in [0, 0.05) is 30.7 Å². The van der Waals surface area contributed by atoms with E-state index in [1.165, 1.54) is 0 Å². The molecule has 0 aliphatic heterocycles. The zero-order valence-electron chi connectivity index (χ0n) is 13.9. The molecule has 128 valence electrons. The predicted octanol–water partition coefficient (Wildman–Crippen LogP) is 3.18. The van der Waals surface area contributed by atoms with E-state index in [0.29, 0.717) is 0 Å². The van der Waals surface area contributed by atoms with Gasteiger partial charge in [0.25, 0.3) is 0 Å². The molecule has 0 amide bonds. The smallest absolute Gasteiger partial charge is 0.240 e. The molecule has 0 atom stereocenters. The first-order valence-electron chi connectivity index (χ1n) is 8.03. The van der Waals surface area contributed by atoms with E-state index in [-0.39, 0.29) is 11.4 Å². The van der Waals surface area contributed by atoms with Crippen LogP contribution in [-0.4, -0.2) is 18.4 Å². The second-order valence-corrected chi connectivity index (χ2v) is 7.34. The van der Waals surface area contributed by atoms with E-state index >= 15 is 0 Å². The lowest BCUT2D eigenvalue weighted by Crippen LogP contribution is -2.23. The van der Waals surface area contributed by atoms with Gasteiger partial charge in [-0.15, -0.1) is 0 Å². The van der Waals surface area contributed by atoms with Crippen molar-refractivity contribution in [3.63, 3.8) is 0 Å². The quantitative estimate of drug-likeness (QED) is 0.739. The zero-order valence-corrected chi connectivity index (χ0v) is 14.7. The van der Waals surface area contributed by atoms with Gasteiger partial charge in [-0.05, 0) is 47.9 Å². The molecule has 0 radical (unpaired) electrons. The monoisotopic (exact) mass is 353 g/mol. The highest BCUT2D eigenvalue weighted by atomic mass is 32.2. The fourth-order valence-corrected chi connectivity index (χ4v) is 3.52. The fraction of sp³-hybridized carbons (Fsp3) is 0.158. The summed E-state index contributed by atoms with van der Waals surface area (Å²) in [7, 11) is -3.57. The number of nitrogens with one attached hydrogen (secondary N) is 1. The number of rotatable bonds is 6. The Morgan fingerprint density at radius 1 is 0.960 bits per heavy atom. The standard InChI is InChI=1S/C19H19N3O2S/c1-2-15-5-7-18(8-6-15)25(23,24)22-14-17-4-3-11-21-19(17)16-9-12-20-13-10-16/h3-13,22H,2,14H2,1H3. The molecule has 0 bridgehead atoms. The lowest BCUT2D eigenvalue weighted by molar-refractivity contribution is 0.581. The molecule has 0 aliphatic carbocycles. The first-order chi connectivity index (χ1) is 12.1. The lowest BCUT2D eigenvalue weighted by Gasteiger charge is -2.11. The molecule has 1 N–H and O–H groups in total. The summed E-state index contributed by atoms with van der Waals surface area (Å²) in [6.07, 6.45) is 5.94. The second kappa shape index (κ2) is 7.55. The van der Waals surface area contributed by atoms with Gasteiger partial charge in [-0.2, -0.15) is 0 Å². The van der Waals surface area contributed by atoms with Crippen LogP contribution < -0.4 is 4.72 Å². The second-order valence-electron chi connectivity index (χ2n) is 5.57. The molecule has 0 aliphatic rings. The van der Waals surface area contributed by atoms with Crippen LogP contribution >= 0.6 is 0 Å². The van der Waals surface area contributed by atoms with Crippen molar-refractivity contribution in [2.45, 2.75) is 24.8 Å². The van der Waals surface area contributed by atoms with Gasteiger partial charge in [0.05, 0.1) is 10.6 Å². The summed E-state index contributed by atoms with van der Waals surface area (Å²) < 4.78 is 27.7. The molecular formula is C19H19N3O2S. The van der Waals surface area contributed by atoms with E-state index in [4.69, 9.17) is 0 Å². The molecule has 5 nitrogen and oxygen atoms in total. The Balaban J connectivity index is 1.81. The molecule has 25 heavy (non-hydrogen) atoms. The van der Waals surface area contributed by atoms with Crippen LogP contribution in [0, 0.1) is 0 Å². The summed E-state index contributed by atoms with van der Waals surface area (Å²) in [6.45, 7) is 2.20. The third-order valence-electron chi connectivity index (χ3n) is 3.94. The Kier molecular flexibility index (Phi) is 5.21. The maximum Gasteiger partial charge on any atom is 0.240 e. The van der Waals surface area contributed by atoms with Crippen molar-refractivity contribution in [2.24, 2.45) is 0 Å². The summed E-state index contributed by atoms with van der Waals surface area (Å²) >= 11 is 0. The van der Waals surface area contributed by atoms with Crippen LogP contribution in [0.25, 0.3) is 11.3 Å². The summed E-state index contributed by atoms with van der Waals surface area (Å²) in [5, 5.41) is 0. The van der Waals surface area contributed by atoms with Crippen LogP contribution in [0.15, 0.2) is 72.0 Å². The molecule has 3 aromatic rings. The number of sulfonamides is 1. The zero-order chi connectivity index (χ0) is 17.7. The Morgan fingerprint density at radius 2 is 1.68 bits per heavy atom. The van der Waals surface area contributed by atoms with E-state index < -0.39 is 10.0 Å². The Hall–Kier alpha value is -2.57. The van der Waals surface area contributed by atoms with Gasteiger partial charge in [-0.3, -0.25) is 9.97 Å². The third-order valence-corrected chi connectivity index (χ3v) is 5.36. The first kappa shape index (κ1) is 17.3. The van der Waals surface area contributed by atoms with E-state index in [9.17, 15) is 8.42 Å². The maximum atomic E-state index is 12.5. The first-order valence-corrected chi connectivity index (χ1v) is 9.51. The topological polar surface area (TPSA) is 72.0 Å². The lowest BCUT2D eigenvalue weighted by atomic mass is 10.1. The third kappa shape index (κ3) is 4.10. The molecule has 3 rings (SSSR count). The van der Waals surface area contributed by atoms with Crippen molar-refractivity contribution in [3.8, 4) is 11.3 Å². The largest absolute Gasteiger partial charge is 0.265 e. The SMILES string of the molecule is CCc1ccc(S(=O)(=O)NCc2cccnc2-c2ccncc2)cc1. The average Bonchev–Trinajstić information content (AvgIpc) is 2.67. The van der Waals surface area contributed by atoms with Crippen molar-refractivity contribution >= 4 is 10.0 Å². The van der Waals surface area contributed by atoms with Gasteiger partial charge in [0.1, 0.15) is 0 Å². The summed E-state index contributed by atoms with van der Waals surface area (Å²) in [5.41, 5.74) is 3.56. The van der Waals surface area contributed by atoms with Crippen LogP contribution in [0.3, 0.4) is 0 Å². The number of aryl methyl sites for hydroxylation is 1. The number of aromatic nitrogens is 2. The van der Waals surface area contributed by atoms with Gasteiger partial charge in [0.15, 0.2) is 0 Å². The molecule has 0 spiro atoms. The van der Waals surface area contributed by atoms with Gasteiger partial charge in [0.2, 0.25) is 10.0 Å². The molecule has 0 saturated heterocycles. The molecule has 0 fully saturated rings. The minimum Gasteiger partial charge on any atom is -0.265 e. The van der Waals surface area contributed by atoms with Crippen molar-refractivity contribution in [2.75, 3.05) is 0 Å². The minimum absolute atomic E-state index is 0.170. The van der Waals surface area contributed by atoms with Crippen LogP contribution in [-0.2, 0) is 23.0 Å².